The number of thiazole rings is 1. The van der Waals surface area contributed by atoms with E-state index in [0.29, 0.717) is 5.69 Å². The molecule has 2 N–H and O–H groups in total. The summed E-state index contributed by atoms with van der Waals surface area (Å²) < 4.78 is 42.7. The molecule has 19 heavy (non-hydrogen) atoms. The van der Waals surface area contributed by atoms with E-state index in [-0.39, 0.29) is 12.2 Å². The lowest BCUT2D eigenvalue weighted by Gasteiger charge is -2.22. The average Bonchev–Trinajstić information content (AvgIpc) is 2.87. The molecule has 2 aromatic heterocycles. The molecular formula is C10H11F3N4OS. The van der Waals surface area contributed by atoms with Gasteiger partial charge < -0.3 is 10.3 Å². The van der Waals surface area contributed by atoms with Gasteiger partial charge in [0.05, 0.1) is 17.1 Å². The van der Waals surface area contributed by atoms with E-state index in [2.05, 4.69) is 19.6 Å². The molecule has 0 aliphatic carbocycles. The zero-order valence-corrected chi connectivity index (χ0v) is 11.0. The third-order valence-corrected chi connectivity index (χ3v) is 3.33. The van der Waals surface area contributed by atoms with Crippen LogP contribution < -0.4 is 5.73 Å². The minimum absolute atomic E-state index is 0.126. The number of aryl methyl sites for hydroxylation is 1. The van der Waals surface area contributed by atoms with E-state index in [9.17, 15) is 13.2 Å². The van der Waals surface area contributed by atoms with Crippen LogP contribution in [0.15, 0.2) is 9.90 Å². The van der Waals surface area contributed by atoms with Crippen LogP contribution in [0.4, 0.5) is 13.2 Å². The highest BCUT2D eigenvalue weighted by atomic mass is 32.1. The van der Waals surface area contributed by atoms with Crippen molar-refractivity contribution in [1.29, 1.82) is 0 Å². The van der Waals surface area contributed by atoms with Crippen molar-refractivity contribution >= 4 is 11.3 Å². The van der Waals surface area contributed by atoms with Crippen LogP contribution in [0, 0.1) is 6.92 Å². The highest BCUT2D eigenvalue weighted by Gasteiger charge is 2.53. The Labute approximate surface area is 110 Å². The van der Waals surface area contributed by atoms with Crippen molar-refractivity contribution in [3.05, 3.63) is 27.8 Å². The fourth-order valence-corrected chi connectivity index (χ4v) is 1.92. The van der Waals surface area contributed by atoms with E-state index in [1.807, 2.05) is 6.92 Å². The summed E-state index contributed by atoms with van der Waals surface area (Å²) in [7, 11) is 0. The van der Waals surface area contributed by atoms with Crippen molar-refractivity contribution in [2.75, 3.05) is 0 Å². The summed E-state index contributed by atoms with van der Waals surface area (Å²) in [4.78, 5) is 7.86. The number of rotatable bonds is 3. The average molecular weight is 292 g/mol. The van der Waals surface area contributed by atoms with Gasteiger partial charge >= 0.3 is 6.18 Å². The molecule has 0 fully saturated rings. The Bertz CT molecular complexity index is 575. The lowest BCUT2D eigenvalue weighted by Crippen LogP contribution is -2.48. The van der Waals surface area contributed by atoms with Crippen LogP contribution in [0.3, 0.4) is 0 Å². The standard InChI is InChI=1S/C10H11F3N4OS/c1-5-15-6(4-19-5)3-7-16-8(18-17-7)9(2,14)10(11,12)13/h4H,3,14H2,1-2H3. The topological polar surface area (TPSA) is 77.8 Å². The number of hydrogen-bond acceptors (Lipinski definition) is 6. The molecule has 0 aromatic carbocycles. The monoisotopic (exact) mass is 292 g/mol. The summed E-state index contributed by atoms with van der Waals surface area (Å²) in [6.45, 7) is 2.62. The highest BCUT2D eigenvalue weighted by molar-refractivity contribution is 7.09. The second-order valence-corrected chi connectivity index (χ2v) is 5.31. The first-order valence-electron chi connectivity index (χ1n) is 5.30. The SMILES string of the molecule is Cc1nc(Cc2noc(C(C)(N)C(F)(F)F)n2)cs1. The minimum Gasteiger partial charge on any atom is -0.337 e. The Hall–Kier alpha value is -1.48. The molecule has 0 saturated heterocycles. The van der Waals surface area contributed by atoms with Crippen molar-refractivity contribution in [3.8, 4) is 0 Å². The molecule has 104 valence electrons. The van der Waals surface area contributed by atoms with Gasteiger partial charge in [0.25, 0.3) is 5.89 Å². The quantitative estimate of drug-likeness (QED) is 0.938. The molecule has 0 aliphatic heterocycles. The van der Waals surface area contributed by atoms with Gasteiger partial charge in [-0.3, -0.25) is 0 Å². The molecule has 0 aliphatic rings. The van der Waals surface area contributed by atoms with Gasteiger partial charge in [-0.15, -0.1) is 11.3 Å². The van der Waals surface area contributed by atoms with E-state index in [1.165, 1.54) is 11.3 Å². The zero-order chi connectivity index (χ0) is 14.3. The van der Waals surface area contributed by atoms with E-state index < -0.39 is 17.6 Å². The second kappa shape index (κ2) is 4.57. The molecule has 0 spiro atoms. The van der Waals surface area contributed by atoms with Gasteiger partial charge in [0.1, 0.15) is 0 Å². The third kappa shape index (κ3) is 2.76. The van der Waals surface area contributed by atoms with Gasteiger partial charge in [0, 0.05) is 5.38 Å². The van der Waals surface area contributed by atoms with Crippen LogP contribution in [0.5, 0.6) is 0 Å². The van der Waals surface area contributed by atoms with Crippen LogP contribution in [0.2, 0.25) is 0 Å². The molecular weight excluding hydrogens is 281 g/mol. The lowest BCUT2D eigenvalue weighted by atomic mass is 10.0. The predicted octanol–water partition coefficient (Wildman–Crippen LogP) is 2.16. The van der Waals surface area contributed by atoms with Crippen molar-refractivity contribution in [1.82, 2.24) is 15.1 Å². The van der Waals surface area contributed by atoms with Crippen LogP contribution in [0.1, 0.15) is 29.3 Å². The maximum Gasteiger partial charge on any atom is 0.415 e. The number of nitrogens with zero attached hydrogens (tertiary/aromatic N) is 3. The van der Waals surface area contributed by atoms with Crippen molar-refractivity contribution in [3.63, 3.8) is 0 Å². The minimum atomic E-state index is -4.66. The van der Waals surface area contributed by atoms with Crippen molar-refractivity contribution < 1.29 is 17.7 Å². The van der Waals surface area contributed by atoms with E-state index in [0.717, 1.165) is 11.9 Å². The Balaban J connectivity index is 2.20. The number of nitrogens with two attached hydrogens (primary N) is 1. The molecule has 9 heteroatoms. The molecule has 5 nitrogen and oxygen atoms in total. The largest absolute Gasteiger partial charge is 0.415 e. The Morgan fingerprint density at radius 1 is 1.37 bits per heavy atom. The maximum atomic E-state index is 12.7. The van der Waals surface area contributed by atoms with Gasteiger partial charge in [0.15, 0.2) is 11.4 Å². The fraction of sp³-hybridized carbons (Fsp3) is 0.500. The summed E-state index contributed by atoms with van der Waals surface area (Å²) >= 11 is 1.44. The molecule has 0 radical (unpaired) electrons. The number of halogens is 3. The van der Waals surface area contributed by atoms with Crippen LogP contribution in [0.25, 0.3) is 0 Å². The van der Waals surface area contributed by atoms with Crippen LogP contribution >= 0.6 is 11.3 Å². The number of hydrogen-bond donors (Lipinski definition) is 1. The van der Waals surface area contributed by atoms with E-state index >= 15 is 0 Å². The molecule has 1 atom stereocenters. The van der Waals surface area contributed by atoms with Gasteiger partial charge in [-0.2, -0.15) is 18.2 Å². The van der Waals surface area contributed by atoms with Crippen LogP contribution in [-0.4, -0.2) is 21.3 Å². The first kappa shape index (κ1) is 13.9. The van der Waals surface area contributed by atoms with Crippen molar-refractivity contribution in [2.24, 2.45) is 5.73 Å². The summed E-state index contributed by atoms with van der Waals surface area (Å²) in [6.07, 6.45) is -4.45. The molecule has 2 rings (SSSR count). The van der Waals surface area contributed by atoms with Gasteiger partial charge in [0.2, 0.25) is 0 Å². The first-order valence-corrected chi connectivity index (χ1v) is 6.18. The van der Waals surface area contributed by atoms with Gasteiger partial charge in [-0.1, -0.05) is 5.16 Å². The summed E-state index contributed by atoms with van der Waals surface area (Å²) in [5, 5.41) is 6.15. The molecule has 0 bridgehead atoms. The smallest absolute Gasteiger partial charge is 0.337 e. The van der Waals surface area contributed by atoms with Gasteiger partial charge in [-0.05, 0) is 13.8 Å². The molecule has 0 saturated carbocycles. The Kier molecular flexibility index (Phi) is 3.35. The Morgan fingerprint density at radius 2 is 2.05 bits per heavy atom. The van der Waals surface area contributed by atoms with Crippen LogP contribution in [-0.2, 0) is 12.0 Å². The second-order valence-electron chi connectivity index (χ2n) is 4.25. The number of alkyl halides is 3. The summed E-state index contributed by atoms with van der Waals surface area (Å²) in [6, 6.07) is 0. The predicted molar refractivity (Wildman–Crippen MR) is 61.5 cm³/mol. The van der Waals surface area contributed by atoms with E-state index in [1.54, 1.807) is 5.38 Å². The van der Waals surface area contributed by atoms with E-state index in [4.69, 9.17) is 5.73 Å². The van der Waals surface area contributed by atoms with Gasteiger partial charge in [-0.25, -0.2) is 4.98 Å². The molecule has 2 aromatic rings. The lowest BCUT2D eigenvalue weighted by molar-refractivity contribution is -0.190. The highest BCUT2D eigenvalue weighted by Crippen LogP contribution is 2.35. The molecule has 0 amide bonds. The summed E-state index contributed by atoms with van der Waals surface area (Å²) in [5.74, 6) is -0.525. The first-order chi connectivity index (χ1) is 8.70. The fourth-order valence-electron chi connectivity index (χ4n) is 1.31. The normalized spacial score (nSPS) is 15.5. The zero-order valence-electron chi connectivity index (χ0n) is 10.2. The van der Waals surface area contributed by atoms with Crippen molar-refractivity contribution in [2.45, 2.75) is 32.0 Å². The maximum absolute atomic E-state index is 12.7. The molecule has 1 unspecified atom stereocenters. The summed E-state index contributed by atoms with van der Waals surface area (Å²) in [5.41, 5.74) is 3.22. The number of aromatic nitrogens is 3. The Morgan fingerprint density at radius 3 is 2.58 bits per heavy atom. The molecule has 2 heterocycles. The third-order valence-electron chi connectivity index (χ3n) is 2.51.